The average Bonchev–Trinajstić information content (AvgIpc) is 3.04. The van der Waals surface area contributed by atoms with Crippen molar-refractivity contribution in [2.75, 3.05) is 0 Å². The summed E-state index contributed by atoms with van der Waals surface area (Å²) in [4.78, 5) is 6.71. The van der Waals surface area contributed by atoms with Crippen LogP contribution in [0.5, 0.6) is 0 Å². The number of benzene rings is 2. The molecule has 0 aliphatic rings. The predicted molar refractivity (Wildman–Crippen MR) is 108 cm³/mol. The number of aryl methyl sites for hydroxylation is 1. The van der Waals surface area contributed by atoms with Crippen LogP contribution in [0.1, 0.15) is 10.4 Å². The molecule has 0 atom stereocenters. The largest absolute Gasteiger partial charge is 0.248 e. The minimum atomic E-state index is -0.233. The standard InChI is InChI=1S/C20H15ClFNS2/c1-14-2-6-16(7-3-14)23-18(19-10-11-20(21)25-19)12-13-24-17-8-4-15(22)5-9-17/h2-13H,1H3. The molecule has 3 rings (SSSR count). The summed E-state index contributed by atoms with van der Waals surface area (Å²) < 4.78 is 13.7. The third kappa shape index (κ3) is 5.30. The molecule has 1 aromatic heterocycles. The lowest BCUT2D eigenvalue weighted by atomic mass is 10.2. The Morgan fingerprint density at radius 1 is 1.04 bits per heavy atom. The fourth-order valence-electron chi connectivity index (χ4n) is 2.08. The monoisotopic (exact) mass is 387 g/mol. The van der Waals surface area contributed by atoms with E-state index in [4.69, 9.17) is 16.6 Å². The van der Waals surface area contributed by atoms with Crippen molar-refractivity contribution in [1.29, 1.82) is 0 Å². The van der Waals surface area contributed by atoms with Gasteiger partial charge in [-0.3, -0.25) is 0 Å². The summed E-state index contributed by atoms with van der Waals surface area (Å²) in [5, 5.41) is 1.95. The number of aliphatic imine (C=N–C) groups is 1. The van der Waals surface area contributed by atoms with Crippen molar-refractivity contribution in [3.8, 4) is 0 Å². The van der Waals surface area contributed by atoms with Crippen molar-refractivity contribution in [1.82, 2.24) is 0 Å². The van der Waals surface area contributed by atoms with Crippen LogP contribution in [0, 0.1) is 12.7 Å². The first-order valence-electron chi connectivity index (χ1n) is 7.60. The summed E-state index contributed by atoms with van der Waals surface area (Å²) in [7, 11) is 0. The van der Waals surface area contributed by atoms with Crippen LogP contribution in [0.3, 0.4) is 0 Å². The molecule has 0 amide bonds. The molecule has 0 fully saturated rings. The zero-order chi connectivity index (χ0) is 17.6. The Bertz CT molecular complexity index is 896. The topological polar surface area (TPSA) is 12.4 Å². The summed E-state index contributed by atoms with van der Waals surface area (Å²) in [5.41, 5.74) is 2.93. The van der Waals surface area contributed by atoms with Gasteiger partial charge in [-0.05, 0) is 66.9 Å². The maximum Gasteiger partial charge on any atom is 0.123 e. The molecule has 0 aliphatic heterocycles. The Kier molecular flexibility index (Phi) is 6.08. The lowest BCUT2D eigenvalue weighted by Gasteiger charge is -2.01. The molecule has 0 radical (unpaired) electrons. The number of thiophene rings is 1. The van der Waals surface area contributed by atoms with Gasteiger partial charge in [0.05, 0.1) is 20.6 Å². The van der Waals surface area contributed by atoms with Gasteiger partial charge in [-0.25, -0.2) is 9.38 Å². The van der Waals surface area contributed by atoms with E-state index >= 15 is 0 Å². The SMILES string of the molecule is Cc1ccc(N=C(C=CSc2ccc(F)cc2)c2ccc(Cl)s2)cc1. The quantitative estimate of drug-likeness (QED) is 0.331. The van der Waals surface area contributed by atoms with E-state index in [1.54, 1.807) is 12.1 Å². The molecule has 1 nitrogen and oxygen atoms in total. The summed E-state index contributed by atoms with van der Waals surface area (Å²) in [6, 6.07) is 18.3. The number of hydrogen-bond acceptors (Lipinski definition) is 3. The van der Waals surface area contributed by atoms with Gasteiger partial charge in [0.1, 0.15) is 5.82 Å². The zero-order valence-electron chi connectivity index (χ0n) is 13.4. The average molecular weight is 388 g/mol. The molecular weight excluding hydrogens is 373 g/mol. The molecule has 126 valence electrons. The third-order valence-corrected chi connectivity index (χ3v) is 5.42. The minimum absolute atomic E-state index is 0.233. The van der Waals surface area contributed by atoms with E-state index in [-0.39, 0.29) is 5.82 Å². The van der Waals surface area contributed by atoms with Crippen LogP contribution in [0.2, 0.25) is 4.34 Å². The number of nitrogens with zero attached hydrogens (tertiary/aromatic N) is 1. The first-order valence-corrected chi connectivity index (χ1v) is 9.67. The van der Waals surface area contributed by atoms with Gasteiger partial charge in [0, 0.05) is 4.90 Å². The fraction of sp³-hybridized carbons (Fsp3) is 0.0500. The van der Waals surface area contributed by atoms with Gasteiger partial charge in [-0.1, -0.05) is 41.1 Å². The van der Waals surface area contributed by atoms with Crippen molar-refractivity contribution < 1.29 is 4.39 Å². The van der Waals surface area contributed by atoms with E-state index in [1.807, 2.05) is 54.8 Å². The molecule has 0 aliphatic carbocycles. The molecule has 25 heavy (non-hydrogen) atoms. The highest BCUT2D eigenvalue weighted by molar-refractivity contribution is 8.02. The maximum absolute atomic E-state index is 13.0. The van der Waals surface area contributed by atoms with Crippen molar-refractivity contribution >= 4 is 46.1 Å². The van der Waals surface area contributed by atoms with Crippen molar-refractivity contribution in [3.05, 3.63) is 92.7 Å². The van der Waals surface area contributed by atoms with Crippen molar-refractivity contribution in [3.63, 3.8) is 0 Å². The molecule has 0 unspecified atom stereocenters. The molecule has 0 saturated carbocycles. The second-order valence-electron chi connectivity index (χ2n) is 5.31. The van der Waals surface area contributed by atoms with E-state index in [9.17, 15) is 4.39 Å². The van der Waals surface area contributed by atoms with E-state index in [0.29, 0.717) is 0 Å². The van der Waals surface area contributed by atoms with Gasteiger partial charge in [0.2, 0.25) is 0 Å². The molecule has 0 spiro atoms. The van der Waals surface area contributed by atoms with Gasteiger partial charge < -0.3 is 0 Å². The van der Waals surface area contributed by atoms with Gasteiger partial charge in [-0.2, -0.15) is 0 Å². The lowest BCUT2D eigenvalue weighted by molar-refractivity contribution is 0.626. The zero-order valence-corrected chi connectivity index (χ0v) is 15.8. The van der Waals surface area contributed by atoms with Crippen LogP contribution < -0.4 is 0 Å². The van der Waals surface area contributed by atoms with E-state index in [0.717, 1.165) is 25.5 Å². The first kappa shape index (κ1) is 17.9. The van der Waals surface area contributed by atoms with Gasteiger partial charge in [-0.15, -0.1) is 11.3 Å². The number of allylic oxidation sites excluding steroid dienone is 1. The van der Waals surface area contributed by atoms with Crippen LogP contribution in [0.4, 0.5) is 10.1 Å². The summed E-state index contributed by atoms with van der Waals surface area (Å²) in [6.45, 7) is 2.05. The fourth-order valence-corrected chi connectivity index (χ4v) is 3.74. The molecule has 2 aromatic carbocycles. The van der Waals surface area contributed by atoms with Crippen LogP contribution in [0.25, 0.3) is 0 Å². The van der Waals surface area contributed by atoms with Crippen molar-refractivity contribution in [2.45, 2.75) is 11.8 Å². The Balaban J connectivity index is 1.84. The molecule has 0 saturated heterocycles. The maximum atomic E-state index is 13.0. The van der Waals surface area contributed by atoms with Crippen LogP contribution >= 0.6 is 34.7 Å². The summed E-state index contributed by atoms with van der Waals surface area (Å²) >= 11 is 9.08. The molecular formula is C20H15ClFNS2. The highest BCUT2D eigenvalue weighted by Crippen LogP contribution is 2.26. The Morgan fingerprint density at radius 3 is 2.40 bits per heavy atom. The number of hydrogen-bond donors (Lipinski definition) is 0. The van der Waals surface area contributed by atoms with Crippen LogP contribution in [0.15, 0.2) is 82.0 Å². The highest BCUT2D eigenvalue weighted by atomic mass is 35.5. The smallest absolute Gasteiger partial charge is 0.123 e. The lowest BCUT2D eigenvalue weighted by Crippen LogP contribution is -1.92. The normalized spacial score (nSPS) is 12.0. The molecule has 0 N–H and O–H groups in total. The van der Waals surface area contributed by atoms with Gasteiger partial charge in [0.15, 0.2) is 0 Å². The number of rotatable bonds is 5. The molecule has 1 heterocycles. The Morgan fingerprint density at radius 2 is 1.76 bits per heavy atom. The van der Waals surface area contributed by atoms with Gasteiger partial charge >= 0.3 is 0 Å². The second kappa shape index (κ2) is 8.48. The van der Waals surface area contributed by atoms with Crippen molar-refractivity contribution in [2.24, 2.45) is 4.99 Å². The number of halogens is 2. The summed E-state index contributed by atoms with van der Waals surface area (Å²) in [5.74, 6) is -0.233. The first-order chi connectivity index (χ1) is 12.1. The second-order valence-corrected chi connectivity index (χ2v) is 8.01. The van der Waals surface area contributed by atoms with E-state index in [1.165, 1.54) is 40.8 Å². The summed E-state index contributed by atoms with van der Waals surface area (Å²) in [6.07, 6.45) is 1.95. The molecule has 5 heteroatoms. The number of thioether (sulfide) groups is 1. The third-order valence-electron chi connectivity index (χ3n) is 3.35. The predicted octanol–water partition coefficient (Wildman–Crippen LogP) is 7.28. The van der Waals surface area contributed by atoms with Gasteiger partial charge in [0.25, 0.3) is 0 Å². The highest BCUT2D eigenvalue weighted by Gasteiger charge is 2.05. The van der Waals surface area contributed by atoms with Crippen LogP contribution in [-0.2, 0) is 0 Å². The minimum Gasteiger partial charge on any atom is -0.248 e. The van der Waals surface area contributed by atoms with E-state index < -0.39 is 0 Å². The molecule has 0 bridgehead atoms. The molecule has 3 aromatic rings. The Hall–Kier alpha value is -1.88. The van der Waals surface area contributed by atoms with E-state index in [2.05, 4.69) is 0 Å². The van der Waals surface area contributed by atoms with Crippen LogP contribution in [-0.4, -0.2) is 5.71 Å². The Labute approximate surface area is 159 Å².